The average molecular weight is 255 g/mol. The van der Waals surface area contributed by atoms with Gasteiger partial charge in [-0.3, -0.25) is 4.57 Å². The first-order chi connectivity index (χ1) is 9.38. The van der Waals surface area contributed by atoms with Gasteiger partial charge in [0.25, 0.3) is 0 Å². The van der Waals surface area contributed by atoms with Gasteiger partial charge in [-0.25, -0.2) is 0 Å². The average Bonchev–Trinajstić information content (AvgIpc) is 3.13. The van der Waals surface area contributed by atoms with Crippen molar-refractivity contribution in [1.82, 2.24) is 14.8 Å². The minimum absolute atomic E-state index is 0.611. The molecule has 1 aromatic carbocycles. The van der Waals surface area contributed by atoms with E-state index in [0.29, 0.717) is 6.61 Å². The van der Waals surface area contributed by atoms with E-state index in [9.17, 15) is 0 Å². The zero-order valence-electron chi connectivity index (χ0n) is 10.5. The fourth-order valence-corrected chi connectivity index (χ4v) is 1.92. The Morgan fingerprint density at radius 3 is 2.74 bits per heavy atom. The summed E-state index contributed by atoms with van der Waals surface area (Å²) in [5.41, 5.74) is 1.87. The van der Waals surface area contributed by atoms with E-state index in [0.717, 1.165) is 22.8 Å². The summed E-state index contributed by atoms with van der Waals surface area (Å²) in [6, 6.07) is 9.65. The summed E-state index contributed by atoms with van der Waals surface area (Å²) < 4.78 is 12.9. The Morgan fingerprint density at radius 2 is 2.05 bits per heavy atom. The van der Waals surface area contributed by atoms with E-state index in [1.807, 2.05) is 41.8 Å². The number of aromatic nitrogens is 3. The van der Waals surface area contributed by atoms with Gasteiger partial charge in [0.2, 0.25) is 0 Å². The quantitative estimate of drug-likeness (QED) is 0.719. The van der Waals surface area contributed by atoms with Crippen molar-refractivity contribution in [2.75, 3.05) is 6.61 Å². The minimum Gasteiger partial charge on any atom is -0.493 e. The fraction of sp³-hybridized carbons (Fsp3) is 0.143. The summed E-state index contributed by atoms with van der Waals surface area (Å²) in [5.74, 6) is 1.58. The van der Waals surface area contributed by atoms with Crippen molar-refractivity contribution >= 4 is 0 Å². The number of nitrogens with zero attached hydrogens (tertiary/aromatic N) is 3. The van der Waals surface area contributed by atoms with E-state index in [2.05, 4.69) is 10.2 Å². The molecule has 0 unspecified atom stereocenters. The molecule has 0 spiro atoms. The molecule has 5 nitrogen and oxygen atoms in total. The molecule has 0 N–H and O–H groups in total. The maximum Gasteiger partial charge on any atom is 0.137 e. The molecule has 0 aliphatic carbocycles. The third-order valence-electron chi connectivity index (χ3n) is 2.77. The van der Waals surface area contributed by atoms with Crippen LogP contribution in [0.3, 0.4) is 0 Å². The van der Waals surface area contributed by atoms with E-state index in [1.165, 1.54) is 0 Å². The minimum atomic E-state index is 0.611. The second kappa shape index (κ2) is 4.97. The summed E-state index contributed by atoms with van der Waals surface area (Å²) >= 11 is 0. The number of hydrogen-bond acceptors (Lipinski definition) is 4. The van der Waals surface area contributed by atoms with Gasteiger partial charge in [0.1, 0.15) is 24.2 Å². The van der Waals surface area contributed by atoms with E-state index in [4.69, 9.17) is 9.15 Å². The smallest absolute Gasteiger partial charge is 0.137 e. The van der Waals surface area contributed by atoms with Crippen LogP contribution in [0.4, 0.5) is 0 Å². The van der Waals surface area contributed by atoms with Gasteiger partial charge in [-0.15, -0.1) is 10.2 Å². The van der Waals surface area contributed by atoms with Crippen molar-refractivity contribution in [2.45, 2.75) is 6.92 Å². The van der Waals surface area contributed by atoms with Gasteiger partial charge in [-0.1, -0.05) is 0 Å². The number of rotatable bonds is 4. The standard InChI is InChI=1S/C14H13N3O2/c1-2-18-14-6-5-11(17-9-15-16-10-17)8-12(14)13-4-3-7-19-13/h3-10H,2H2,1H3. The van der Waals surface area contributed by atoms with Crippen molar-refractivity contribution in [3.8, 4) is 22.8 Å². The second-order valence-electron chi connectivity index (χ2n) is 3.96. The first-order valence-electron chi connectivity index (χ1n) is 6.04. The molecule has 0 aliphatic heterocycles. The Morgan fingerprint density at radius 1 is 1.21 bits per heavy atom. The predicted octanol–water partition coefficient (Wildman–Crippen LogP) is 2.93. The Bertz CT molecular complexity index is 645. The van der Waals surface area contributed by atoms with Crippen LogP contribution in [0.2, 0.25) is 0 Å². The van der Waals surface area contributed by atoms with Gasteiger partial charge in [0.15, 0.2) is 0 Å². The molecule has 96 valence electrons. The monoisotopic (exact) mass is 255 g/mol. The van der Waals surface area contributed by atoms with Crippen molar-refractivity contribution in [3.63, 3.8) is 0 Å². The SMILES string of the molecule is CCOc1ccc(-n2cnnc2)cc1-c1ccco1. The highest BCUT2D eigenvalue weighted by Gasteiger charge is 2.10. The predicted molar refractivity (Wildman–Crippen MR) is 70.2 cm³/mol. The fourth-order valence-electron chi connectivity index (χ4n) is 1.92. The third kappa shape index (κ3) is 2.22. The zero-order valence-corrected chi connectivity index (χ0v) is 10.5. The topological polar surface area (TPSA) is 53.1 Å². The largest absolute Gasteiger partial charge is 0.493 e. The summed E-state index contributed by atoms with van der Waals surface area (Å²) in [6.45, 7) is 2.57. The molecule has 0 atom stereocenters. The lowest BCUT2D eigenvalue weighted by Crippen LogP contribution is -1.96. The first-order valence-corrected chi connectivity index (χ1v) is 6.04. The normalized spacial score (nSPS) is 10.6. The molecular formula is C14H13N3O2. The molecule has 2 aromatic heterocycles. The Hall–Kier alpha value is -2.56. The molecule has 0 saturated carbocycles. The highest BCUT2D eigenvalue weighted by molar-refractivity contribution is 5.68. The van der Waals surface area contributed by atoms with Gasteiger partial charge in [-0.2, -0.15) is 0 Å². The van der Waals surface area contributed by atoms with E-state index in [1.54, 1.807) is 18.9 Å². The van der Waals surface area contributed by atoms with Crippen molar-refractivity contribution < 1.29 is 9.15 Å². The van der Waals surface area contributed by atoms with Crippen LogP contribution >= 0.6 is 0 Å². The first kappa shape index (κ1) is 11.5. The molecule has 5 heteroatoms. The molecule has 0 bridgehead atoms. The van der Waals surface area contributed by atoms with Gasteiger partial charge in [0.05, 0.1) is 18.4 Å². The summed E-state index contributed by atoms with van der Waals surface area (Å²) in [6.07, 6.45) is 4.96. The van der Waals surface area contributed by atoms with Gasteiger partial charge >= 0.3 is 0 Å². The van der Waals surface area contributed by atoms with E-state index in [-0.39, 0.29) is 0 Å². The molecule has 0 aliphatic rings. The Balaban J connectivity index is 2.10. The Labute approximate surface area is 110 Å². The second-order valence-corrected chi connectivity index (χ2v) is 3.96. The van der Waals surface area contributed by atoms with E-state index >= 15 is 0 Å². The lowest BCUT2D eigenvalue weighted by molar-refractivity contribution is 0.340. The summed E-state index contributed by atoms with van der Waals surface area (Å²) in [4.78, 5) is 0. The number of ether oxygens (including phenoxy) is 1. The third-order valence-corrected chi connectivity index (χ3v) is 2.77. The highest BCUT2D eigenvalue weighted by atomic mass is 16.5. The van der Waals surface area contributed by atoms with Crippen LogP contribution in [0.1, 0.15) is 6.92 Å². The lowest BCUT2D eigenvalue weighted by atomic mass is 10.1. The maximum absolute atomic E-state index is 5.63. The molecule has 0 radical (unpaired) electrons. The van der Waals surface area contributed by atoms with Crippen LogP contribution in [0.5, 0.6) is 5.75 Å². The molecular weight excluding hydrogens is 242 g/mol. The van der Waals surface area contributed by atoms with Crippen molar-refractivity contribution in [2.24, 2.45) is 0 Å². The van der Waals surface area contributed by atoms with Crippen LogP contribution in [0, 0.1) is 0 Å². The van der Waals surface area contributed by atoms with Crippen LogP contribution < -0.4 is 4.74 Å². The van der Waals surface area contributed by atoms with Crippen molar-refractivity contribution in [1.29, 1.82) is 0 Å². The summed E-state index contributed by atoms with van der Waals surface area (Å²) in [5, 5.41) is 7.62. The summed E-state index contributed by atoms with van der Waals surface area (Å²) in [7, 11) is 0. The molecule has 19 heavy (non-hydrogen) atoms. The number of benzene rings is 1. The van der Waals surface area contributed by atoms with Crippen LogP contribution in [0.15, 0.2) is 53.7 Å². The van der Waals surface area contributed by atoms with Gasteiger partial charge in [-0.05, 0) is 37.3 Å². The van der Waals surface area contributed by atoms with Crippen LogP contribution in [-0.4, -0.2) is 21.4 Å². The van der Waals surface area contributed by atoms with E-state index < -0.39 is 0 Å². The number of furan rings is 1. The molecule has 0 amide bonds. The molecule has 0 saturated heterocycles. The zero-order chi connectivity index (χ0) is 13.1. The molecule has 3 rings (SSSR count). The Kier molecular flexibility index (Phi) is 3.02. The lowest BCUT2D eigenvalue weighted by Gasteiger charge is -2.10. The highest BCUT2D eigenvalue weighted by Crippen LogP contribution is 2.32. The van der Waals surface area contributed by atoms with Gasteiger partial charge < -0.3 is 9.15 Å². The van der Waals surface area contributed by atoms with Crippen LogP contribution in [0.25, 0.3) is 17.0 Å². The molecule has 2 heterocycles. The molecule has 0 fully saturated rings. The van der Waals surface area contributed by atoms with Gasteiger partial charge in [0, 0.05) is 5.69 Å². The molecule has 3 aromatic rings. The van der Waals surface area contributed by atoms with Crippen LogP contribution in [-0.2, 0) is 0 Å². The van der Waals surface area contributed by atoms with Crippen molar-refractivity contribution in [3.05, 3.63) is 49.2 Å². The maximum atomic E-state index is 5.63. The number of hydrogen-bond donors (Lipinski definition) is 0.